The third kappa shape index (κ3) is 2.72. The Balaban J connectivity index is 1.83. The van der Waals surface area contributed by atoms with Crippen molar-refractivity contribution in [2.75, 3.05) is 31.6 Å². The van der Waals surface area contributed by atoms with E-state index in [2.05, 4.69) is 48.5 Å². The summed E-state index contributed by atoms with van der Waals surface area (Å²) in [5.41, 5.74) is 2.66. The van der Waals surface area contributed by atoms with Gasteiger partial charge >= 0.3 is 0 Å². The highest BCUT2D eigenvalue weighted by molar-refractivity contribution is 5.46. The highest BCUT2D eigenvalue weighted by Crippen LogP contribution is 2.16. The molecule has 0 unspecified atom stereocenters. The van der Waals surface area contributed by atoms with Gasteiger partial charge in [-0.3, -0.25) is 0 Å². The van der Waals surface area contributed by atoms with Gasteiger partial charge in [-0.15, -0.1) is 0 Å². The second-order valence-corrected chi connectivity index (χ2v) is 4.57. The van der Waals surface area contributed by atoms with Crippen LogP contribution in [-0.2, 0) is 0 Å². The minimum atomic E-state index is 0.901. The maximum absolute atomic E-state index is 3.31. The monoisotopic (exact) mass is 204 g/mol. The molecule has 1 aromatic carbocycles. The molecule has 0 amide bonds. The lowest BCUT2D eigenvalue weighted by atomic mass is 9.99. The van der Waals surface area contributed by atoms with Crippen molar-refractivity contribution in [1.29, 1.82) is 0 Å². The third-order valence-corrected chi connectivity index (χ3v) is 3.21. The molecule has 1 saturated heterocycles. The summed E-state index contributed by atoms with van der Waals surface area (Å²) >= 11 is 0. The van der Waals surface area contributed by atoms with Crippen LogP contribution in [0.4, 0.5) is 5.69 Å². The van der Waals surface area contributed by atoms with Crippen LogP contribution in [0.3, 0.4) is 0 Å². The SMILES string of the molecule is Cc1ccc(N(C)CCC2CNC2)cc1. The topological polar surface area (TPSA) is 15.3 Å². The van der Waals surface area contributed by atoms with E-state index in [0.29, 0.717) is 0 Å². The van der Waals surface area contributed by atoms with Crippen LogP contribution in [0.5, 0.6) is 0 Å². The van der Waals surface area contributed by atoms with E-state index in [1.165, 1.54) is 30.8 Å². The van der Waals surface area contributed by atoms with Crippen LogP contribution in [0, 0.1) is 12.8 Å². The van der Waals surface area contributed by atoms with Gasteiger partial charge in [0.25, 0.3) is 0 Å². The summed E-state index contributed by atoms with van der Waals surface area (Å²) in [6.07, 6.45) is 1.30. The van der Waals surface area contributed by atoms with Gasteiger partial charge in [-0.25, -0.2) is 0 Å². The molecule has 0 atom stereocenters. The van der Waals surface area contributed by atoms with E-state index in [9.17, 15) is 0 Å². The van der Waals surface area contributed by atoms with Crippen LogP contribution in [0.15, 0.2) is 24.3 Å². The molecule has 0 bridgehead atoms. The zero-order valence-corrected chi connectivity index (χ0v) is 9.66. The summed E-state index contributed by atoms with van der Waals surface area (Å²) in [6, 6.07) is 8.76. The number of nitrogens with one attached hydrogen (secondary N) is 1. The average Bonchev–Trinajstić information content (AvgIpc) is 2.16. The highest BCUT2D eigenvalue weighted by Gasteiger charge is 2.16. The van der Waals surface area contributed by atoms with Crippen LogP contribution in [0.25, 0.3) is 0 Å². The van der Waals surface area contributed by atoms with Crippen LogP contribution in [0.2, 0.25) is 0 Å². The molecular formula is C13H20N2. The van der Waals surface area contributed by atoms with Crippen LogP contribution < -0.4 is 10.2 Å². The van der Waals surface area contributed by atoms with Crippen molar-refractivity contribution < 1.29 is 0 Å². The first-order valence-corrected chi connectivity index (χ1v) is 5.74. The molecule has 2 nitrogen and oxygen atoms in total. The van der Waals surface area contributed by atoms with Crippen molar-refractivity contribution in [1.82, 2.24) is 5.32 Å². The first-order valence-electron chi connectivity index (χ1n) is 5.74. The molecule has 15 heavy (non-hydrogen) atoms. The number of nitrogens with zero attached hydrogens (tertiary/aromatic N) is 1. The first kappa shape index (κ1) is 10.5. The van der Waals surface area contributed by atoms with Crippen molar-refractivity contribution in [2.24, 2.45) is 5.92 Å². The maximum Gasteiger partial charge on any atom is 0.0363 e. The summed E-state index contributed by atoms with van der Waals surface area (Å²) in [4.78, 5) is 2.35. The zero-order chi connectivity index (χ0) is 10.7. The Hall–Kier alpha value is -1.02. The molecule has 0 spiro atoms. The van der Waals surface area contributed by atoms with Crippen LogP contribution in [0.1, 0.15) is 12.0 Å². The van der Waals surface area contributed by atoms with Gasteiger partial charge in [-0.05, 0) is 44.5 Å². The Bertz CT molecular complexity index is 301. The minimum Gasteiger partial charge on any atom is -0.375 e. The molecule has 1 heterocycles. The lowest BCUT2D eigenvalue weighted by molar-refractivity contribution is 0.330. The summed E-state index contributed by atoms with van der Waals surface area (Å²) in [6.45, 7) is 5.71. The predicted molar refractivity (Wildman–Crippen MR) is 65.4 cm³/mol. The first-order chi connectivity index (χ1) is 7.25. The molecular weight excluding hydrogens is 184 g/mol. The van der Waals surface area contributed by atoms with Gasteiger partial charge in [0.1, 0.15) is 0 Å². The molecule has 2 heteroatoms. The minimum absolute atomic E-state index is 0.901. The number of hydrogen-bond acceptors (Lipinski definition) is 2. The molecule has 2 rings (SSSR count). The summed E-state index contributed by atoms with van der Waals surface area (Å²) in [5, 5.41) is 3.31. The van der Waals surface area contributed by atoms with Gasteiger partial charge in [0.05, 0.1) is 0 Å². The van der Waals surface area contributed by atoms with Crippen molar-refractivity contribution in [3.05, 3.63) is 29.8 Å². The summed E-state index contributed by atoms with van der Waals surface area (Å²) in [5.74, 6) is 0.901. The van der Waals surface area contributed by atoms with E-state index in [0.717, 1.165) is 12.5 Å². The molecule has 1 aromatic rings. The number of hydrogen-bond donors (Lipinski definition) is 1. The fourth-order valence-electron chi connectivity index (χ4n) is 1.86. The molecule has 82 valence electrons. The van der Waals surface area contributed by atoms with Gasteiger partial charge in [0, 0.05) is 19.3 Å². The molecule has 1 aliphatic rings. The van der Waals surface area contributed by atoms with Crippen molar-refractivity contribution in [3.8, 4) is 0 Å². The lowest BCUT2D eigenvalue weighted by Gasteiger charge is -2.29. The number of rotatable bonds is 4. The second-order valence-electron chi connectivity index (χ2n) is 4.57. The lowest BCUT2D eigenvalue weighted by Crippen LogP contribution is -2.43. The van der Waals surface area contributed by atoms with E-state index in [4.69, 9.17) is 0 Å². The van der Waals surface area contributed by atoms with Crippen molar-refractivity contribution in [2.45, 2.75) is 13.3 Å². The maximum atomic E-state index is 3.31. The van der Waals surface area contributed by atoms with E-state index in [1.807, 2.05) is 0 Å². The normalized spacial score (nSPS) is 16.1. The smallest absolute Gasteiger partial charge is 0.0363 e. The van der Waals surface area contributed by atoms with E-state index < -0.39 is 0 Å². The molecule has 1 aliphatic heterocycles. The number of benzene rings is 1. The Morgan fingerprint density at radius 1 is 1.27 bits per heavy atom. The van der Waals surface area contributed by atoms with Crippen LogP contribution in [-0.4, -0.2) is 26.7 Å². The largest absolute Gasteiger partial charge is 0.375 e. The molecule has 0 radical (unpaired) electrons. The van der Waals surface area contributed by atoms with Gasteiger partial charge in [-0.2, -0.15) is 0 Å². The van der Waals surface area contributed by atoms with E-state index in [1.54, 1.807) is 0 Å². The van der Waals surface area contributed by atoms with E-state index >= 15 is 0 Å². The Morgan fingerprint density at radius 2 is 1.93 bits per heavy atom. The van der Waals surface area contributed by atoms with Gasteiger partial charge in [-0.1, -0.05) is 17.7 Å². The summed E-state index contributed by atoms with van der Waals surface area (Å²) < 4.78 is 0. The number of anilines is 1. The molecule has 0 aromatic heterocycles. The quantitative estimate of drug-likeness (QED) is 0.807. The van der Waals surface area contributed by atoms with Crippen molar-refractivity contribution >= 4 is 5.69 Å². The Morgan fingerprint density at radius 3 is 2.47 bits per heavy atom. The predicted octanol–water partition coefficient (Wildman–Crippen LogP) is 2.04. The Kier molecular flexibility index (Phi) is 3.27. The summed E-state index contributed by atoms with van der Waals surface area (Å²) in [7, 11) is 2.18. The van der Waals surface area contributed by atoms with Gasteiger partial charge in [0.15, 0.2) is 0 Å². The van der Waals surface area contributed by atoms with E-state index in [-0.39, 0.29) is 0 Å². The molecule has 0 saturated carbocycles. The van der Waals surface area contributed by atoms with Gasteiger partial charge < -0.3 is 10.2 Å². The Labute approximate surface area is 92.3 Å². The zero-order valence-electron chi connectivity index (χ0n) is 9.66. The highest BCUT2D eigenvalue weighted by atomic mass is 15.1. The van der Waals surface area contributed by atoms with Crippen molar-refractivity contribution in [3.63, 3.8) is 0 Å². The average molecular weight is 204 g/mol. The second kappa shape index (κ2) is 4.67. The number of aryl methyl sites for hydroxylation is 1. The third-order valence-electron chi connectivity index (χ3n) is 3.21. The van der Waals surface area contributed by atoms with Crippen LogP contribution >= 0.6 is 0 Å². The van der Waals surface area contributed by atoms with Gasteiger partial charge in [0.2, 0.25) is 0 Å². The molecule has 1 fully saturated rings. The standard InChI is InChI=1S/C13H20N2/c1-11-3-5-13(6-4-11)15(2)8-7-12-9-14-10-12/h3-6,12,14H,7-10H2,1-2H3. The fourth-order valence-corrected chi connectivity index (χ4v) is 1.86. The fraction of sp³-hybridized carbons (Fsp3) is 0.538. The molecule has 1 N–H and O–H groups in total. The molecule has 0 aliphatic carbocycles.